The van der Waals surface area contributed by atoms with Gasteiger partial charge in [0.1, 0.15) is 10.7 Å². The van der Waals surface area contributed by atoms with Crippen molar-refractivity contribution in [1.82, 2.24) is 23.7 Å². The minimum atomic E-state index is -0.897. The Morgan fingerprint density at radius 3 is 2.83 bits per heavy atom. The van der Waals surface area contributed by atoms with Crippen molar-refractivity contribution in [3.8, 4) is 0 Å². The summed E-state index contributed by atoms with van der Waals surface area (Å²) in [6.07, 6.45) is 0. The van der Waals surface area contributed by atoms with E-state index in [-0.39, 0.29) is 12.2 Å². The molecule has 1 atom stereocenters. The summed E-state index contributed by atoms with van der Waals surface area (Å²) in [7, 11) is 1.61. The molecule has 0 bridgehead atoms. The van der Waals surface area contributed by atoms with Crippen LogP contribution >= 0.6 is 11.3 Å². The zero-order chi connectivity index (χ0) is 21.0. The smallest absolute Gasteiger partial charge is 0.420 e. The van der Waals surface area contributed by atoms with Gasteiger partial charge in [0, 0.05) is 7.05 Å². The molecule has 0 spiro atoms. The Bertz CT molecular complexity index is 1550. The number of esters is 1. The molecule has 152 valence electrons. The van der Waals surface area contributed by atoms with Crippen LogP contribution in [0.3, 0.4) is 0 Å². The molecule has 0 aliphatic heterocycles. The molecule has 5 aromatic rings. The molecule has 4 heterocycles. The van der Waals surface area contributed by atoms with E-state index in [4.69, 9.17) is 9.15 Å². The van der Waals surface area contributed by atoms with Crippen LogP contribution in [0.5, 0.6) is 0 Å². The first kappa shape index (κ1) is 18.3. The number of rotatable bonds is 4. The zero-order valence-corrected chi connectivity index (χ0v) is 16.8. The minimum absolute atomic E-state index is 0.164. The van der Waals surface area contributed by atoms with Gasteiger partial charge >= 0.3 is 11.7 Å². The normalized spacial score (nSPS) is 12.7. The average molecular weight is 425 g/mol. The lowest BCUT2D eigenvalue weighted by atomic mass is 10.3. The second-order valence-electron chi connectivity index (χ2n) is 6.74. The number of carbonyl (C=O) groups is 1. The molecule has 0 aliphatic rings. The van der Waals surface area contributed by atoms with Crippen LogP contribution in [0.4, 0.5) is 0 Å². The molecule has 5 rings (SSSR count). The van der Waals surface area contributed by atoms with E-state index in [1.807, 2.05) is 0 Å². The number of ether oxygens (including phenoxy) is 1. The Kier molecular flexibility index (Phi) is 4.07. The van der Waals surface area contributed by atoms with Gasteiger partial charge in [-0.05, 0) is 30.5 Å². The maximum atomic E-state index is 12.7. The van der Waals surface area contributed by atoms with Crippen LogP contribution in [0.1, 0.15) is 18.8 Å². The van der Waals surface area contributed by atoms with Crippen LogP contribution in [0, 0.1) is 0 Å². The molecule has 0 saturated carbocycles. The molecule has 4 aromatic heterocycles. The van der Waals surface area contributed by atoms with E-state index in [2.05, 4.69) is 10.2 Å². The van der Waals surface area contributed by atoms with E-state index in [9.17, 15) is 14.4 Å². The van der Waals surface area contributed by atoms with Crippen molar-refractivity contribution >= 4 is 44.4 Å². The number of fused-ring (bicyclic) bond motifs is 4. The fourth-order valence-electron chi connectivity index (χ4n) is 3.46. The molecular formula is C19H15N5O5S. The van der Waals surface area contributed by atoms with Gasteiger partial charge in [-0.3, -0.25) is 18.3 Å². The summed E-state index contributed by atoms with van der Waals surface area (Å²) in [5, 5.41) is 9.94. The Morgan fingerprint density at radius 2 is 2.00 bits per heavy atom. The van der Waals surface area contributed by atoms with Crippen molar-refractivity contribution in [2.24, 2.45) is 7.05 Å². The van der Waals surface area contributed by atoms with Crippen molar-refractivity contribution in [2.45, 2.75) is 19.6 Å². The van der Waals surface area contributed by atoms with Gasteiger partial charge in [-0.1, -0.05) is 12.1 Å². The molecule has 30 heavy (non-hydrogen) atoms. The van der Waals surface area contributed by atoms with Gasteiger partial charge < -0.3 is 9.15 Å². The average Bonchev–Trinajstić information content (AvgIpc) is 3.45. The van der Waals surface area contributed by atoms with E-state index in [1.54, 1.807) is 54.1 Å². The highest BCUT2D eigenvalue weighted by molar-refractivity contribution is 7.17. The molecule has 0 saturated heterocycles. The fraction of sp³-hybridized carbons (Fsp3) is 0.211. The van der Waals surface area contributed by atoms with Crippen LogP contribution in [-0.4, -0.2) is 29.7 Å². The molecule has 1 aromatic carbocycles. The monoisotopic (exact) mass is 425 g/mol. The molecule has 0 radical (unpaired) electrons. The summed E-state index contributed by atoms with van der Waals surface area (Å²) in [6, 6.07) is 7.75. The second-order valence-corrected chi connectivity index (χ2v) is 7.66. The summed E-state index contributed by atoms with van der Waals surface area (Å²) in [5.74, 6) is -0.536. The van der Waals surface area contributed by atoms with E-state index in [1.165, 1.54) is 20.5 Å². The highest BCUT2D eigenvalue weighted by Crippen LogP contribution is 2.21. The Morgan fingerprint density at radius 1 is 1.20 bits per heavy atom. The van der Waals surface area contributed by atoms with E-state index < -0.39 is 17.8 Å². The van der Waals surface area contributed by atoms with Gasteiger partial charge in [0.05, 0.1) is 11.0 Å². The third-order valence-electron chi connectivity index (χ3n) is 4.99. The third kappa shape index (κ3) is 2.59. The third-order valence-corrected chi connectivity index (χ3v) is 5.88. The molecule has 0 aliphatic carbocycles. The van der Waals surface area contributed by atoms with Crippen LogP contribution in [0.25, 0.3) is 27.1 Å². The number of aromatic nitrogens is 5. The standard InChI is InChI=1S/C19H15N5O5S/c1-10(23-11-5-3-4-6-13(11)29-19(23)27)17(26)28-9-14-20-21-18-22(2)16(25)15-12(24(14)18)7-8-30-15/h3-8,10H,9H2,1-2H3. The van der Waals surface area contributed by atoms with Crippen molar-refractivity contribution in [2.75, 3.05) is 0 Å². The van der Waals surface area contributed by atoms with Crippen molar-refractivity contribution in [3.63, 3.8) is 0 Å². The number of carbonyl (C=O) groups excluding carboxylic acids is 1. The number of hydrogen-bond donors (Lipinski definition) is 0. The van der Waals surface area contributed by atoms with Gasteiger partial charge in [0.2, 0.25) is 5.78 Å². The molecule has 11 heteroatoms. The predicted molar refractivity (Wildman–Crippen MR) is 109 cm³/mol. The quantitative estimate of drug-likeness (QED) is 0.404. The summed E-state index contributed by atoms with van der Waals surface area (Å²) in [5.41, 5.74) is 1.39. The van der Waals surface area contributed by atoms with Gasteiger partial charge in [-0.15, -0.1) is 21.5 Å². The predicted octanol–water partition coefficient (Wildman–Crippen LogP) is 1.85. The lowest BCUT2D eigenvalue weighted by molar-refractivity contribution is -0.148. The van der Waals surface area contributed by atoms with Crippen LogP contribution in [-0.2, 0) is 23.2 Å². The van der Waals surface area contributed by atoms with Crippen molar-refractivity contribution in [1.29, 1.82) is 0 Å². The lowest BCUT2D eigenvalue weighted by Gasteiger charge is -2.12. The number of benzene rings is 1. The number of thiophene rings is 1. The number of para-hydroxylation sites is 2. The maximum Gasteiger partial charge on any atom is 0.420 e. The van der Waals surface area contributed by atoms with Crippen LogP contribution in [0.15, 0.2) is 49.7 Å². The summed E-state index contributed by atoms with van der Waals surface area (Å²) >= 11 is 1.32. The van der Waals surface area contributed by atoms with Gasteiger partial charge in [-0.2, -0.15) is 0 Å². The number of aryl methyl sites for hydroxylation is 1. The topological polar surface area (TPSA) is 114 Å². The SMILES string of the molecule is CC(C(=O)OCc1nnc2n(C)c(=O)c3sccc3n12)n1c(=O)oc2ccccc21. The summed E-state index contributed by atoms with van der Waals surface area (Å²) in [6.45, 7) is 1.40. The minimum Gasteiger partial charge on any atom is -0.456 e. The van der Waals surface area contributed by atoms with Crippen molar-refractivity contribution < 1.29 is 13.9 Å². The number of nitrogens with zero attached hydrogens (tertiary/aromatic N) is 5. The summed E-state index contributed by atoms with van der Waals surface area (Å²) < 4.78 is 15.5. The number of hydrogen-bond acceptors (Lipinski definition) is 8. The fourth-order valence-corrected chi connectivity index (χ4v) is 4.31. The van der Waals surface area contributed by atoms with E-state index in [0.29, 0.717) is 32.9 Å². The van der Waals surface area contributed by atoms with Gasteiger partial charge in [0.25, 0.3) is 5.56 Å². The Hall–Kier alpha value is -3.73. The zero-order valence-electron chi connectivity index (χ0n) is 15.9. The first-order valence-corrected chi connectivity index (χ1v) is 9.92. The molecule has 0 amide bonds. The van der Waals surface area contributed by atoms with Gasteiger partial charge in [-0.25, -0.2) is 9.59 Å². The number of oxazole rings is 1. The summed E-state index contributed by atoms with van der Waals surface area (Å²) in [4.78, 5) is 37.3. The molecule has 1 unspecified atom stereocenters. The van der Waals surface area contributed by atoms with E-state index >= 15 is 0 Å². The first-order valence-electron chi connectivity index (χ1n) is 9.04. The van der Waals surface area contributed by atoms with Crippen LogP contribution in [0.2, 0.25) is 0 Å². The van der Waals surface area contributed by atoms with Crippen molar-refractivity contribution in [3.05, 3.63) is 62.4 Å². The molecule has 10 nitrogen and oxygen atoms in total. The molecule has 0 N–H and O–H groups in total. The molecule has 0 fully saturated rings. The van der Waals surface area contributed by atoms with Gasteiger partial charge in [0.15, 0.2) is 18.0 Å². The van der Waals surface area contributed by atoms with E-state index in [0.717, 1.165) is 0 Å². The second kappa shape index (κ2) is 6.66. The maximum absolute atomic E-state index is 12.7. The highest BCUT2D eigenvalue weighted by atomic mass is 32.1. The first-order chi connectivity index (χ1) is 14.5. The highest BCUT2D eigenvalue weighted by Gasteiger charge is 2.24. The molecular weight excluding hydrogens is 410 g/mol. The largest absolute Gasteiger partial charge is 0.456 e. The Balaban J connectivity index is 1.47. The lowest BCUT2D eigenvalue weighted by Crippen LogP contribution is -2.26. The Labute approximate surface area is 171 Å². The van der Waals surface area contributed by atoms with Crippen LogP contribution < -0.4 is 11.3 Å².